The van der Waals surface area contributed by atoms with Crippen LogP contribution in [0.3, 0.4) is 0 Å². The number of aliphatic hydroxyl groups is 1. The first-order chi connectivity index (χ1) is 11.2. The van der Waals surface area contributed by atoms with E-state index in [4.69, 9.17) is 5.73 Å². The number of hydrogen-bond donors (Lipinski definition) is 2. The second-order valence-electron chi connectivity index (χ2n) is 8.60. The molecule has 1 aromatic rings. The lowest BCUT2D eigenvalue weighted by atomic mass is 9.76. The number of hydrogen-bond acceptors (Lipinski definition) is 3. The van der Waals surface area contributed by atoms with Crippen molar-refractivity contribution < 1.29 is 5.11 Å². The highest BCUT2D eigenvalue weighted by Crippen LogP contribution is 2.45. The first-order valence-electron chi connectivity index (χ1n) is 9.16. The van der Waals surface area contributed by atoms with Gasteiger partial charge in [0.2, 0.25) is 0 Å². The molecule has 0 spiro atoms. The highest BCUT2D eigenvalue weighted by Gasteiger charge is 2.38. The molecule has 1 fully saturated rings. The number of rotatable bonds is 2. The molecule has 0 radical (unpaired) electrons. The molecule has 1 saturated heterocycles. The number of allylic oxidation sites excluding steroid dienone is 2. The minimum Gasteiger partial charge on any atom is -0.398 e. The number of nitrogens with two attached hydrogens (primary N) is 1. The first-order valence-corrected chi connectivity index (χ1v) is 10.1. The Morgan fingerprint density at radius 3 is 2.42 bits per heavy atom. The molecule has 1 aliphatic heterocycles. The van der Waals surface area contributed by atoms with Gasteiger partial charge in [0.05, 0.1) is 5.60 Å². The zero-order valence-corrected chi connectivity index (χ0v) is 16.2. The molecule has 0 saturated carbocycles. The van der Waals surface area contributed by atoms with Crippen molar-refractivity contribution in [3.05, 3.63) is 35.4 Å². The number of anilines is 1. The summed E-state index contributed by atoms with van der Waals surface area (Å²) in [5.41, 5.74) is 10.3. The molecule has 1 heterocycles. The van der Waals surface area contributed by atoms with Crippen LogP contribution in [0.2, 0.25) is 0 Å². The lowest BCUT2D eigenvalue weighted by molar-refractivity contribution is 0.0157. The van der Waals surface area contributed by atoms with E-state index < -0.39 is 5.60 Å². The second kappa shape index (κ2) is 6.42. The summed E-state index contributed by atoms with van der Waals surface area (Å²) in [5.74, 6) is 0. The predicted molar refractivity (Wildman–Crippen MR) is 106 cm³/mol. The van der Waals surface area contributed by atoms with Crippen LogP contribution in [0.1, 0.15) is 70.9 Å². The molecule has 0 aromatic heterocycles. The molecule has 2 atom stereocenters. The lowest BCUT2D eigenvalue weighted by Gasteiger charge is -2.39. The minimum atomic E-state index is -0.721. The van der Waals surface area contributed by atoms with Gasteiger partial charge < -0.3 is 10.8 Å². The van der Waals surface area contributed by atoms with Gasteiger partial charge in [-0.05, 0) is 60.8 Å². The van der Waals surface area contributed by atoms with Crippen molar-refractivity contribution in [1.29, 1.82) is 0 Å². The fraction of sp³-hybridized carbons (Fsp3) is 0.619. The van der Waals surface area contributed by atoms with Gasteiger partial charge in [-0.15, -0.1) is 0 Å². The molecule has 2 aliphatic rings. The zero-order valence-electron chi connectivity index (χ0n) is 15.4. The Morgan fingerprint density at radius 1 is 1.17 bits per heavy atom. The number of nitrogen functional groups attached to an aromatic ring is 1. The molecular weight excluding hydrogens is 314 g/mol. The Kier molecular flexibility index (Phi) is 4.78. The third-order valence-electron chi connectivity index (χ3n) is 5.62. The average molecular weight is 346 g/mol. The predicted octanol–water partition coefficient (Wildman–Crippen LogP) is 5.35. The van der Waals surface area contributed by atoms with E-state index in [1.165, 1.54) is 12.0 Å². The maximum absolute atomic E-state index is 11.3. The van der Waals surface area contributed by atoms with Crippen LogP contribution in [0.15, 0.2) is 24.3 Å². The lowest BCUT2D eigenvalue weighted by Crippen LogP contribution is -2.36. The van der Waals surface area contributed by atoms with E-state index in [2.05, 4.69) is 39.8 Å². The quantitative estimate of drug-likeness (QED) is 0.710. The maximum atomic E-state index is 11.3. The molecule has 3 rings (SSSR count). The van der Waals surface area contributed by atoms with Gasteiger partial charge in [0, 0.05) is 21.8 Å². The molecule has 1 aromatic carbocycles. The molecule has 3 N–H and O–H groups in total. The molecule has 3 heteroatoms. The molecule has 2 nitrogen and oxygen atoms in total. The van der Waals surface area contributed by atoms with Crippen LogP contribution in [0.5, 0.6) is 0 Å². The number of benzene rings is 1. The number of thioether (sulfide) groups is 1. The Balaban J connectivity index is 1.93. The van der Waals surface area contributed by atoms with Gasteiger partial charge in [0.15, 0.2) is 0 Å². The summed E-state index contributed by atoms with van der Waals surface area (Å²) in [6, 6.07) is 6.18. The second-order valence-corrected chi connectivity index (χ2v) is 10.5. The van der Waals surface area contributed by atoms with Crippen LogP contribution >= 0.6 is 11.8 Å². The third-order valence-corrected chi connectivity index (χ3v) is 6.89. The van der Waals surface area contributed by atoms with Crippen LogP contribution in [-0.4, -0.2) is 15.6 Å². The molecule has 132 valence electrons. The van der Waals surface area contributed by atoms with Gasteiger partial charge in [-0.1, -0.05) is 39.8 Å². The van der Waals surface area contributed by atoms with Crippen molar-refractivity contribution in [2.75, 3.05) is 5.73 Å². The van der Waals surface area contributed by atoms with Gasteiger partial charge in [0.1, 0.15) is 0 Å². The van der Waals surface area contributed by atoms with Crippen LogP contribution in [-0.2, 0) is 5.60 Å². The van der Waals surface area contributed by atoms with E-state index in [0.717, 1.165) is 42.5 Å². The summed E-state index contributed by atoms with van der Waals surface area (Å²) >= 11 is 1.98. The van der Waals surface area contributed by atoms with Crippen molar-refractivity contribution in [1.82, 2.24) is 0 Å². The third kappa shape index (κ3) is 3.67. The van der Waals surface area contributed by atoms with Gasteiger partial charge in [0.25, 0.3) is 0 Å². The molecule has 24 heavy (non-hydrogen) atoms. The molecule has 2 unspecified atom stereocenters. The van der Waals surface area contributed by atoms with Crippen LogP contribution in [0.25, 0.3) is 5.57 Å². The summed E-state index contributed by atoms with van der Waals surface area (Å²) in [5, 5.41) is 12.3. The standard InChI is InChI=1S/C21H31NOS/c1-14-12-21(23,13-15(2)24-14)17-5-6-19(22)18(11-17)16-7-9-20(3,4)10-8-16/h5-7,11,14-15,23H,8-10,12-13,22H2,1-4H3. The van der Waals surface area contributed by atoms with E-state index in [9.17, 15) is 5.11 Å². The van der Waals surface area contributed by atoms with E-state index in [-0.39, 0.29) is 0 Å². The topological polar surface area (TPSA) is 46.2 Å². The van der Waals surface area contributed by atoms with Crippen LogP contribution < -0.4 is 5.73 Å². The van der Waals surface area contributed by atoms with Crippen molar-refractivity contribution in [2.45, 2.75) is 75.9 Å². The van der Waals surface area contributed by atoms with E-state index in [1.54, 1.807) is 0 Å². The summed E-state index contributed by atoms with van der Waals surface area (Å²) in [7, 11) is 0. The molecule has 0 bridgehead atoms. The summed E-state index contributed by atoms with van der Waals surface area (Å²) in [4.78, 5) is 0. The van der Waals surface area contributed by atoms with Crippen molar-refractivity contribution in [3.8, 4) is 0 Å². The van der Waals surface area contributed by atoms with Gasteiger partial charge in [-0.2, -0.15) is 11.8 Å². The average Bonchev–Trinajstić information content (AvgIpc) is 2.46. The Bertz CT molecular complexity index is 639. The maximum Gasteiger partial charge on any atom is 0.0917 e. The fourth-order valence-electron chi connectivity index (χ4n) is 4.21. The van der Waals surface area contributed by atoms with Crippen LogP contribution in [0.4, 0.5) is 5.69 Å². The van der Waals surface area contributed by atoms with E-state index >= 15 is 0 Å². The van der Waals surface area contributed by atoms with E-state index in [1.807, 2.05) is 23.9 Å². The van der Waals surface area contributed by atoms with E-state index in [0.29, 0.717) is 15.9 Å². The SMILES string of the molecule is CC1CC(O)(c2ccc(N)c(C3=CCC(C)(C)CC3)c2)CC(C)S1. The largest absolute Gasteiger partial charge is 0.398 e. The molecule has 0 amide bonds. The summed E-state index contributed by atoms with van der Waals surface area (Å²) in [6.45, 7) is 9.08. The van der Waals surface area contributed by atoms with Gasteiger partial charge in [-0.25, -0.2) is 0 Å². The van der Waals surface area contributed by atoms with Crippen molar-refractivity contribution in [3.63, 3.8) is 0 Å². The fourth-order valence-corrected chi connectivity index (χ4v) is 5.75. The Morgan fingerprint density at radius 2 is 1.83 bits per heavy atom. The Hall–Kier alpha value is -0.930. The first kappa shape index (κ1) is 17.9. The van der Waals surface area contributed by atoms with Crippen LogP contribution in [0, 0.1) is 5.41 Å². The highest BCUT2D eigenvalue weighted by atomic mass is 32.2. The highest BCUT2D eigenvalue weighted by molar-refractivity contribution is 8.00. The monoisotopic (exact) mass is 345 g/mol. The summed E-state index contributed by atoms with van der Waals surface area (Å²) in [6.07, 6.45) is 7.35. The Labute approximate surface area is 150 Å². The molecular formula is C21H31NOS. The van der Waals surface area contributed by atoms with Crippen molar-refractivity contribution >= 4 is 23.0 Å². The van der Waals surface area contributed by atoms with Crippen molar-refractivity contribution in [2.24, 2.45) is 5.41 Å². The molecule has 1 aliphatic carbocycles. The van der Waals surface area contributed by atoms with Gasteiger partial charge in [-0.3, -0.25) is 0 Å². The van der Waals surface area contributed by atoms with Gasteiger partial charge >= 0.3 is 0 Å². The zero-order chi connectivity index (χ0) is 17.5. The minimum absolute atomic E-state index is 0.388. The summed E-state index contributed by atoms with van der Waals surface area (Å²) < 4.78 is 0. The normalized spacial score (nSPS) is 33.1. The smallest absolute Gasteiger partial charge is 0.0917 e.